The molecule has 4 rings (SSSR count). The Morgan fingerprint density at radius 1 is 1.26 bits per heavy atom. The number of hydrogen-bond donors (Lipinski definition) is 2. The average Bonchev–Trinajstić information content (AvgIpc) is 3.12. The summed E-state index contributed by atoms with van der Waals surface area (Å²) in [4.78, 5) is 4.14. The Morgan fingerprint density at radius 2 is 2.04 bits per heavy atom. The highest BCUT2D eigenvalue weighted by Crippen LogP contribution is 2.30. The van der Waals surface area contributed by atoms with Crippen molar-refractivity contribution in [3.63, 3.8) is 0 Å². The average molecular weight is 317 g/mol. The van der Waals surface area contributed by atoms with Crippen LogP contribution in [0.25, 0.3) is 16.4 Å². The molecule has 0 spiro atoms. The van der Waals surface area contributed by atoms with E-state index in [1.165, 1.54) is 6.07 Å². The molecule has 1 aromatic carbocycles. The molecule has 1 atom stereocenters. The molecule has 6 heteroatoms. The molecule has 1 aliphatic rings. The van der Waals surface area contributed by atoms with Crippen LogP contribution in [0.4, 0.5) is 4.39 Å². The van der Waals surface area contributed by atoms with Gasteiger partial charge in [0.1, 0.15) is 17.7 Å². The predicted octanol–water partition coefficient (Wildman–Crippen LogP) is 2.34. The first-order valence-corrected chi connectivity index (χ1v) is 8.10. The van der Waals surface area contributed by atoms with Crippen LogP contribution in [0, 0.1) is 11.7 Å². The molecule has 5 nitrogen and oxygen atoms in total. The molecule has 1 saturated carbocycles. The van der Waals surface area contributed by atoms with Crippen molar-refractivity contribution >= 4 is 16.4 Å². The standard InChI is InChI=1S/C17H20FN3O2/c18-14-3-1-2-13-15-8-19-10-21(15)20(17(13)14)9-16(23)11-4-6-12(22)7-5-11/h1-3,8,10-12,16,22-23H,4-7,9H2. The fraction of sp³-hybridized carbons (Fsp3) is 0.471. The van der Waals surface area contributed by atoms with Crippen LogP contribution < -0.4 is 0 Å². The molecule has 122 valence electrons. The first kappa shape index (κ1) is 14.7. The second kappa shape index (κ2) is 5.62. The second-order valence-corrected chi connectivity index (χ2v) is 6.48. The topological polar surface area (TPSA) is 62.7 Å². The van der Waals surface area contributed by atoms with Gasteiger partial charge in [-0.25, -0.2) is 13.9 Å². The summed E-state index contributed by atoms with van der Waals surface area (Å²) < 4.78 is 17.9. The molecule has 0 saturated heterocycles. The van der Waals surface area contributed by atoms with Gasteiger partial charge in [0, 0.05) is 5.39 Å². The van der Waals surface area contributed by atoms with Crippen LogP contribution in [0.1, 0.15) is 25.7 Å². The van der Waals surface area contributed by atoms with Crippen molar-refractivity contribution < 1.29 is 14.6 Å². The number of para-hydroxylation sites is 1. The van der Waals surface area contributed by atoms with Gasteiger partial charge in [-0.15, -0.1) is 0 Å². The fourth-order valence-electron chi connectivity index (χ4n) is 3.76. The van der Waals surface area contributed by atoms with E-state index in [1.54, 1.807) is 27.8 Å². The van der Waals surface area contributed by atoms with Gasteiger partial charge in [0.2, 0.25) is 0 Å². The van der Waals surface area contributed by atoms with E-state index in [2.05, 4.69) is 4.98 Å². The lowest BCUT2D eigenvalue weighted by Crippen LogP contribution is -2.31. The van der Waals surface area contributed by atoms with Gasteiger partial charge in [0.25, 0.3) is 0 Å². The lowest BCUT2D eigenvalue weighted by atomic mass is 9.84. The number of aromatic nitrogens is 3. The summed E-state index contributed by atoms with van der Waals surface area (Å²) in [6.07, 6.45) is 5.60. The number of hydrogen-bond acceptors (Lipinski definition) is 3. The Morgan fingerprint density at radius 3 is 2.83 bits per heavy atom. The van der Waals surface area contributed by atoms with Gasteiger partial charge in [-0.05, 0) is 37.7 Å². The number of rotatable bonds is 3. The smallest absolute Gasteiger partial charge is 0.149 e. The van der Waals surface area contributed by atoms with Crippen molar-refractivity contribution in [2.45, 2.75) is 44.4 Å². The fourth-order valence-corrected chi connectivity index (χ4v) is 3.76. The Bertz CT molecular complexity index is 833. The van der Waals surface area contributed by atoms with Gasteiger partial charge in [0.05, 0.1) is 30.5 Å². The maximum Gasteiger partial charge on any atom is 0.149 e. The second-order valence-electron chi connectivity index (χ2n) is 6.48. The molecular weight excluding hydrogens is 297 g/mol. The lowest BCUT2D eigenvalue weighted by Gasteiger charge is -2.29. The maximum absolute atomic E-state index is 14.3. The van der Waals surface area contributed by atoms with Crippen molar-refractivity contribution in [2.75, 3.05) is 0 Å². The van der Waals surface area contributed by atoms with Gasteiger partial charge < -0.3 is 10.2 Å². The van der Waals surface area contributed by atoms with E-state index in [-0.39, 0.29) is 17.8 Å². The van der Waals surface area contributed by atoms with E-state index in [0.29, 0.717) is 12.1 Å². The Hall–Kier alpha value is -1.92. The Kier molecular flexibility index (Phi) is 3.58. The number of imidazole rings is 1. The molecule has 2 heterocycles. The van der Waals surface area contributed by atoms with E-state index < -0.39 is 6.10 Å². The zero-order chi connectivity index (χ0) is 16.0. The molecule has 1 aliphatic carbocycles. The molecule has 0 amide bonds. The predicted molar refractivity (Wildman–Crippen MR) is 84.6 cm³/mol. The van der Waals surface area contributed by atoms with E-state index in [0.717, 1.165) is 36.6 Å². The zero-order valence-electron chi connectivity index (χ0n) is 12.8. The lowest BCUT2D eigenvalue weighted by molar-refractivity contribution is 0.0315. The summed E-state index contributed by atoms with van der Waals surface area (Å²) in [7, 11) is 0. The van der Waals surface area contributed by atoms with Crippen LogP contribution >= 0.6 is 0 Å². The minimum Gasteiger partial charge on any atom is -0.393 e. The van der Waals surface area contributed by atoms with Crippen LogP contribution in [0.15, 0.2) is 30.7 Å². The highest BCUT2D eigenvalue weighted by Gasteiger charge is 2.27. The SMILES string of the molecule is OC1CCC(C(O)Cn2c3c(F)cccc3c3cncn32)CC1. The number of aliphatic hydroxyl groups excluding tert-OH is 2. The number of nitrogens with zero attached hydrogens (tertiary/aromatic N) is 3. The van der Waals surface area contributed by atoms with Crippen LogP contribution in [0.5, 0.6) is 0 Å². The van der Waals surface area contributed by atoms with E-state index in [9.17, 15) is 14.6 Å². The molecule has 23 heavy (non-hydrogen) atoms. The number of halogens is 1. The summed E-state index contributed by atoms with van der Waals surface area (Å²) in [6.45, 7) is 0.318. The van der Waals surface area contributed by atoms with Crippen LogP contribution in [-0.2, 0) is 6.54 Å². The molecule has 1 unspecified atom stereocenters. The van der Waals surface area contributed by atoms with Crippen LogP contribution in [0.3, 0.4) is 0 Å². The van der Waals surface area contributed by atoms with E-state index in [4.69, 9.17) is 0 Å². The first-order valence-electron chi connectivity index (χ1n) is 8.10. The van der Waals surface area contributed by atoms with Crippen molar-refractivity contribution in [1.29, 1.82) is 0 Å². The first-order chi connectivity index (χ1) is 11.1. The third-order valence-electron chi connectivity index (χ3n) is 5.05. The van der Waals surface area contributed by atoms with E-state index >= 15 is 0 Å². The summed E-state index contributed by atoms with van der Waals surface area (Å²) in [6, 6.07) is 5.00. The molecule has 2 aromatic heterocycles. The zero-order valence-corrected chi connectivity index (χ0v) is 12.8. The Labute approximate surface area is 133 Å². The normalized spacial score (nSPS) is 23.6. The monoisotopic (exact) mass is 317 g/mol. The number of aliphatic hydroxyl groups is 2. The van der Waals surface area contributed by atoms with Gasteiger partial charge >= 0.3 is 0 Å². The van der Waals surface area contributed by atoms with Crippen molar-refractivity contribution in [1.82, 2.24) is 14.2 Å². The summed E-state index contributed by atoms with van der Waals surface area (Å²) in [5.41, 5.74) is 1.34. The van der Waals surface area contributed by atoms with Crippen LogP contribution in [-0.4, -0.2) is 36.6 Å². The number of fused-ring (bicyclic) bond motifs is 3. The maximum atomic E-state index is 14.3. The third kappa shape index (κ3) is 2.42. The van der Waals surface area contributed by atoms with Crippen molar-refractivity contribution in [3.8, 4) is 0 Å². The highest BCUT2D eigenvalue weighted by atomic mass is 19.1. The molecule has 1 fully saturated rings. The molecule has 0 aliphatic heterocycles. The minimum atomic E-state index is -0.566. The molecule has 2 N–H and O–H groups in total. The van der Waals surface area contributed by atoms with Crippen LogP contribution in [0.2, 0.25) is 0 Å². The quantitative estimate of drug-likeness (QED) is 0.779. The highest BCUT2D eigenvalue weighted by molar-refractivity contribution is 5.94. The van der Waals surface area contributed by atoms with Crippen molar-refractivity contribution in [3.05, 3.63) is 36.5 Å². The van der Waals surface area contributed by atoms with Gasteiger partial charge in [-0.1, -0.05) is 12.1 Å². The number of benzene rings is 1. The summed E-state index contributed by atoms with van der Waals surface area (Å²) in [5, 5.41) is 21.0. The molecular formula is C17H20FN3O2. The molecule has 0 bridgehead atoms. The Balaban J connectivity index is 1.71. The van der Waals surface area contributed by atoms with Gasteiger partial charge in [-0.3, -0.25) is 4.68 Å². The molecule has 3 aromatic rings. The van der Waals surface area contributed by atoms with Gasteiger partial charge in [0.15, 0.2) is 0 Å². The largest absolute Gasteiger partial charge is 0.393 e. The van der Waals surface area contributed by atoms with E-state index in [1.807, 2.05) is 6.07 Å². The molecule has 0 radical (unpaired) electrons. The van der Waals surface area contributed by atoms with Crippen molar-refractivity contribution in [2.24, 2.45) is 5.92 Å². The summed E-state index contributed by atoms with van der Waals surface area (Å²) in [5.74, 6) is -0.154. The van der Waals surface area contributed by atoms with Gasteiger partial charge in [-0.2, -0.15) is 0 Å². The summed E-state index contributed by atoms with van der Waals surface area (Å²) >= 11 is 0. The minimum absolute atomic E-state index is 0.140. The third-order valence-corrected chi connectivity index (χ3v) is 5.05.